The minimum Gasteiger partial charge on any atom is -0.493 e. The van der Waals surface area contributed by atoms with Crippen LogP contribution in [0.15, 0.2) is 35.8 Å². The molecule has 0 aliphatic rings. The van der Waals surface area contributed by atoms with Gasteiger partial charge in [0.25, 0.3) is 0 Å². The van der Waals surface area contributed by atoms with Crippen LogP contribution in [0, 0.1) is 0 Å². The standard InChI is InChI=1S/C12H11NO3S/c14-12(15)9-2-1-3-10(8-9)16-6-4-11-13-5-7-17-11/h1-3,5,7-8H,4,6H2,(H,14,15). The van der Waals surface area contributed by atoms with Crippen LogP contribution in [-0.2, 0) is 6.42 Å². The first-order valence-corrected chi connectivity index (χ1v) is 5.98. The average molecular weight is 249 g/mol. The summed E-state index contributed by atoms with van der Waals surface area (Å²) < 4.78 is 5.47. The van der Waals surface area contributed by atoms with E-state index < -0.39 is 5.97 Å². The highest BCUT2D eigenvalue weighted by molar-refractivity contribution is 7.09. The van der Waals surface area contributed by atoms with Gasteiger partial charge in [-0.1, -0.05) is 6.07 Å². The van der Waals surface area contributed by atoms with Gasteiger partial charge in [0.05, 0.1) is 17.2 Å². The molecule has 0 unspecified atom stereocenters. The minimum absolute atomic E-state index is 0.233. The maximum Gasteiger partial charge on any atom is 0.335 e. The highest BCUT2D eigenvalue weighted by atomic mass is 32.1. The molecule has 2 rings (SSSR count). The van der Waals surface area contributed by atoms with Gasteiger partial charge in [0.1, 0.15) is 5.75 Å². The van der Waals surface area contributed by atoms with Crippen molar-refractivity contribution in [2.24, 2.45) is 0 Å². The molecule has 0 fully saturated rings. The third-order valence-electron chi connectivity index (χ3n) is 2.15. The van der Waals surface area contributed by atoms with Gasteiger partial charge in [-0.15, -0.1) is 11.3 Å². The van der Waals surface area contributed by atoms with Crippen molar-refractivity contribution in [1.29, 1.82) is 0 Å². The van der Waals surface area contributed by atoms with Gasteiger partial charge in [0.15, 0.2) is 0 Å². The highest BCUT2D eigenvalue weighted by Crippen LogP contribution is 2.14. The fourth-order valence-electron chi connectivity index (χ4n) is 1.35. The average Bonchev–Trinajstić information content (AvgIpc) is 2.82. The molecular weight excluding hydrogens is 238 g/mol. The van der Waals surface area contributed by atoms with Gasteiger partial charge in [0, 0.05) is 18.0 Å². The van der Waals surface area contributed by atoms with E-state index in [1.165, 1.54) is 12.1 Å². The number of hydrogen-bond acceptors (Lipinski definition) is 4. The van der Waals surface area contributed by atoms with Gasteiger partial charge in [-0.05, 0) is 18.2 Å². The molecule has 1 heterocycles. The highest BCUT2D eigenvalue weighted by Gasteiger charge is 2.04. The minimum atomic E-state index is -0.949. The van der Waals surface area contributed by atoms with E-state index >= 15 is 0 Å². The Morgan fingerprint density at radius 3 is 3.06 bits per heavy atom. The Morgan fingerprint density at radius 1 is 1.47 bits per heavy atom. The van der Waals surface area contributed by atoms with Crippen LogP contribution in [0.4, 0.5) is 0 Å². The number of benzene rings is 1. The fourth-order valence-corrected chi connectivity index (χ4v) is 1.95. The molecule has 88 valence electrons. The van der Waals surface area contributed by atoms with Gasteiger partial charge in [-0.25, -0.2) is 9.78 Å². The van der Waals surface area contributed by atoms with Crippen LogP contribution in [-0.4, -0.2) is 22.7 Å². The quantitative estimate of drug-likeness (QED) is 0.884. The van der Waals surface area contributed by atoms with Crippen molar-refractivity contribution < 1.29 is 14.6 Å². The van der Waals surface area contributed by atoms with Crippen molar-refractivity contribution in [1.82, 2.24) is 4.98 Å². The summed E-state index contributed by atoms with van der Waals surface area (Å²) in [5.74, 6) is -0.378. The molecule has 0 spiro atoms. The lowest BCUT2D eigenvalue weighted by Crippen LogP contribution is -2.02. The van der Waals surface area contributed by atoms with E-state index in [1.54, 1.807) is 29.7 Å². The van der Waals surface area contributed by atoms with E-state index in [4.69, 9.17) is 9.84 Å². The molecule has 0 bridgehead atoms. The van der Waals surface area contributed by atoms with Crippen LogP contribution < -0.4 is 4.74 Å². The third kappa shape index (κ3) is 3.29. The molecule has 1 aromatic carbocycles. The second-order valence-corrected chi connectivity index (χ2v) is 4.34. The van der Waals surface area contributed by atoms with E-state index in [0.29, 0.717) is 12.4 Å². The summed E-state index contributed by atoms with van der Waals surface area (Å²) in [6.45, 7) is 0.497. The summed E-state index contributed by atoms with van der Waals surface area (Å²) in [4.78, 5) is 14.9. The van der Waals surface area contributed by atoms with Crippen LogP contribution in [0.3, 0.4) is 0 Å². The van der Waals surface area contributed by atoms with E-state index in [2.05, 4.69) is 4.98 Å². The van der Waals surface area contributed by atoms with Gasteiger partial charge in [-0.2, -0.15) is 0 Å². The summed E-state index contributed by atoms with van der Waals surface area (Å²) in [5.41, 5.74) is 0.233. The van der Waals surface area contributed by atoms with Crippen molar-refractivity contribution in [3.63, 3.8) is 0 Å². The van der Waals surface area contributed by atoms with Crippen molar-refractivity contribution in [2.75, 3.05) is 6.61 Å². The number of hydrogen-bond donors (Lipinski definition) is 1. The van der Waals surface area contributed by atoms with Crippen LogP contribution in [0.1, 0.15) is 15.4 Å². The topological polar surface area (TPSA) is 59.4 Å². The lowest BCUT2D eigenvalue weighted by atomic mass is 10.2. The number of nitrogens with zero attached hydrogens (tertiary/aromatic N) is 1. The Balaban J connectivity index is 1.90. The number of rotatable bonds is 5. The number of carboxylic acid groups (broad SMARTS) is 1. The molecule has 0 amide bonds. The molecule has 0 saturated heterocycles. The molecule has 1 N–H and O–H groups in total. The predicted octanol–water partition coefficient (Wildman–Crippen LogP) is 2.46. The van der Waals surface area contributed by atoms with Gasteiger partial charge in [0.2, 0.25) is 0 Å². The van der Waals surface area contributed by atoms with E-state index in [-0.39, 0.29) is 5.56 Å². The van der Waals surface area contributed by atoms with Gasteiger partial charge >= 0.3 is 5.97 Å². The smallest absolute Gasteiger partial charge is 0.335 e. The molecule has 0 radical (unpaired) electrons. The van der Waals surface area contributed by atoms with Crippen LogP contribution in [0.25, 0.3) is 0 Å². The molecule has 0 saturated carbocycles. The molecule has 0 atom stereocenters. The molecule has 4 nitrogen and oxygen atoms in total. The lowest BCUT2D eigenvalue weighted by Gasteiger charge is -2.05. The Morgan fingerprint density at radius 2 is 2.35 bits per heavy atom. The summed E-state index contributed by atoms with van der Waals surface area (Å²) in [6.07, 6.45) is 2.49. The second-order valence-electron chi connectivity index (χ2n) is 3.36. The van der Waals surface area contributed by atoms with Crippen LogP contribution in [0.5, 0.6) is 5.75 Å². The normalized spacial score (nSPS) is 10.1. The molecule has 17 heavy (non-hydrogen) atoms. The first-order valence-electron chi connectivity index (χ1n) is 5.10. The number of ether oxygens (including phenoxy) is 1. The van der Waals surface area contributed by atoms with Crippen LogP contribution >= 0.6 is 11.3 Å². The number of aromatic carboxylic acids is 1. The van der Waals surface area contributed by atoms with Gasteiger partial charge < -0.3 is 9.84 Å². The van der Waals surface area contributed by atoms with Crippen molar-refractivity contribution in [2.45, 2.75) is 6.42 Å². The maximum absolute atomic E-state index is 10.7. The summed E-state index contributed by atoms with van der Waals surface area (Å²) >= 11 is 1.58. The van der Waals surface area contributed by atoms with E-state index in [9.17, 15) is 4.79 Å². The summed E-state index contributed by atoms with van der Waals surface area (Å²) in [7, 11) is 0. The zero-order valence-corrected chi connectivity index (χ0v) is 9.81. The fraction of sp³-hybridized carbons (Fsp3) is 0.167. The monoisotopic (exact) mass is 249 g/mol. The summed E-state index contributed by atoms with van der Waals surface area (Å²) in [6, 6.07) is 6.47. The molecular formula is C12H11NO3S. The maximum atomic E-state index is 10.7. The number of aromatic nitrogens is 1. The largest absolute Gasteiger partial charge is 0.493 e. The second kappa shape index (κ2) is 5.45. The third-order valence-corrected chi connectivity index (χ3v) is 2.99. The first kappa shape index (κ1) is 11.6. The molecule has 1 aromatic heterocycles. The van der Waals surface area contributed by atoms with Crippen molar-refractivity contribution in [3.8, 4) is 5.75 Å². The molecule has 5 heteroatoms. The summed E-state index contributed by atoms with van der Waals surface area (Å²) in [5, 5.41) is 11.8. The number of carbonyl (C=O) groups is 1. The Kier molecular flexibility index (Phi) is 3.72. The van der Waals surface area contributed by atoms with Crippen molar-refractivity contribution >= 4 is 17.3 Å². The lowest BCUT2D eigenvalue weighted by molar-refractivity contribution is 0.0696. The van der Waals surface area contributed by atoms with Crippen molar-refractivity contribution in [3.05, 3.63) is 46.4 Å². The SMILES string of the molecule is O=C(O)c1cccc(OCCc2nccs2)c1. The zero-order valence-electron chi connectivity index (χ0n) is 9.00. The molecule has 2 aromatic rings. The Labute approximate surface area is 103 Å². The Bertz CT molecular complexity index is 496. The van der Waals surface area contributed by atoms with E-state index in [1.807, 2.05) is 5.38 Å². The molecule has 0 aliphatic carbocycles. The Hall–Kier alpha value is -1.88. The van der Waals surface area contributed by atoms with Gasteiger partial charge in [-0.3, -0.25) is 0 Å². The number of carboxylic acids is 1. The van der Waals surface area contributed by atoms with Crippen LogP contribution in [0.2, 0.25) is 0 Å². The zero-order chi connectivity index (χ0) is 12.1. The number of thiazole rings is 1. The molecule has 0 aliphatic heterocycles. The van der Waals surface area contributed by atoms with E-state index in [0.717, 1.165) is 11.4 Å². The predicted molar refractivity (Wildman–Crippen MR) is 64.7 cm³/mol. The first-order chi connectivity index (χ1) is 8.25.